The fourth-order valence-corrected chi connectivity index (χ4v) is 0.415. The lowest BCUT2D eigenvalue weighted by atomic mass is 10.7. The number of hydrogen-bond donors (Lipinski definition) is 0. The monoisotopic (exact) mass is 147 g/mol. The molecule has 0 radical (unpaired) electrons. The van der Waals surface area contributed by atoms with Gasteiger partial charge in [0.05, 0.1) is 13.2 Å². The van der Waals surface area contributed by atoms with E-state index in [1.54, 1.807) is 7.05 Å². The Bertz CT molecular complexity index is 87.1. The fourth-order valence-electron chi connectivity index (χ4n) is 0.415. The van der Waals surface area contributed by atoms with E-state index in [0.717, 1.165) is 5.06 Å². The lowest BCUT2D eigenvalue weighted by Gasteiger charge is -2.09. The van der Waals surface area contributed by atoms with E-state index in [9.17, 15) is 4.79 Å². The van der Waals surface area contributed by atoms with Gasteiger partial charge in [0.2, 0.25) is 6.41 Å². The minimum Gasteiger partial charge on any atom is -0.379 e. The molecule has 0 saturated heterocycles. The molecule has 60 valence electrons. The second-order valence-corrected chi connectivity index (χ2v) is 1.68. The number of nitrogens with zero attached hydrogens (tertiary/aromatic N) is 1. The van der Waals surface area contributed by atoms with E-state index >= 15 is 0 Å². The van der Waals surface area contributed by atoms with Crippen molar-refractivity contribution in [2.75, 3.05) is 26.9 Å². The van der Waals surface area contributed by atoms with Crippen LogP contribution >= 0.6 is 0 Å². The van der Waals surface area contributed by atoms with E-state index in [-0.39, 0.29) is 0 Å². The minimum atomic E-state index is 0.420. The van der Waals surface area contributed by atoms with Crippen LogP contribution in [0.5, 0.6) is 0 Å². The minimum absolute atomic E-state index is 0.420. The summed E-state index contributed by atoms with van der Waals surface area (Å²) in [5.41, 5.74) is 0. The van der Waals surface area contributed by atoms with Crippen LogP contribution in [0.3, 0.4) is 0 Å². The van der Waals surface area contributed by atoms with Gasteiger partial charge in [-0.3, -0.25) is 9.63 Å². The highest BCUT2D eigenvalue weighted by Crippen LogP contribution is 1.80. The van der Waals surface area contributed by atoms with Crippen LogP contribution in [-0.4, -0.2) is 38.3 Å². The van der Waals surface area contributed by atoms with Gasteiger partial charge in [0.25, 0.3) is 0 Å². The van der Waals surface area contributed by atoms with Crippen LogP contribution in [0.25, 0.3) is 0 Å². The molecule has 1 amide bonds. The standard InChI is InChI=1S/C6H13NO3/c1-3-9-4-5-10-7(2)6-8/h6H,3-5H2,1-2H3. The van der Waals surface area contributed by atoms with Crippen LogP contribution in [-0.2, 0) is 14.4 Å². The molecule has 4 heteroatoms. The van der Waals surface area contributed by atoms with Crippen LogP contribution in [0, 0.1) is 0 Å². The third kappa shape index (κ3) is 5.53. The summed E-state index contributed by atoms with van der Waals surface area (Å²) in [4.78, 5) is 14.8. The molecule has 0 N–H and O–H groups in total. The predicted octanol–water partition coefficient (Wildman–Crippen LogP) is 0.0427. The Kier molecular flexibility index (Phi) is 6.11. The molecule has 0 spiro atoms. The van der Waals surface area contributed by atoms with E-state index in [1.807, 2.05) is 6.92 Å². The van der Waals surface area contributed by atoms with Crippen molar-refractivity contribution in [1.82, 2.24) is 5.06 Å². The maximum Gasteiger partial charge on any atom is 0.233 e. The fraction of sp³-hybridized carbons (Fsp3) is 0.833. The van der Waals surface area contributed by atoms with Gasteiger partial charge in [0.1, 0.15) is 0 Å². The average Bonchev–Trinajstić information content (AvgIpc) is 1.98. The summed E-state index contributed by atoms with van der Waals surface area (Å²) in [5, 5.41) is 1.11. The molecule has 0 heterocycles. The Labute approximate surface area is 60.7 Å². The van der Waals surface area contributed by atoms with E-state index in [1.165, 1.54) is 0 Å². The number of amides is 1. The molecule has 0 aliphatic heterocycles. The molecule has 0 aromatic heterocycles. The van der Waals surface area contributed by atoms with Gasteiger partial charge < -0.3 is 4.74 Å². The molecular weight excluding hydrogens is 134 g/mol. The molecule has 0 aliphatic rings. The highest BCUT2D eigenvalue weighted by molar-refractivity contribution is 5.44. The van der Waals surface area contributed by atoms with Gasteiger partial charge in [-0.2, -0.15) is 0 Å². The third-order valence-electron chi connectivity index (χ3n) is 0.875. The number of hydroxylamine groups is 2. The van der Waals surface area contributed by atoms with E-state index in [2.05, 4.69) is 0 Å². The van der Waals surface area contributed by atoms with Crippen LogP contribution in [0.1, 0.15) is 6.92 Å². The van der Waals surface area contributed by atoms with Gasteiger partial charge in [-0.05, 0) is 6.92 Å². The summed E-state index contributed by atoms with van der Waals surface area (Å²) in [5.74, 6) is 0. The maximum absolute atomic E-state index is 9.93. The summed E-state index contributed by atoms with van der Waals surface area (Å²) in [6, 6.07) is 0. The van der Waals surface area contributed by atoms with Crippen molar-refractivity contribution in [2.45, 2.75) is 6.92 Å². The Morgan fingerprint density at radius 3 is 2.70 bits per heavy atom. The normalized spacial score (nSPS) is 9.40. The van der Waals surface area contributed by atoms with Crippen LogP contribution in [0.2, 0.25) is 0 Å². The Morgan fingerprint density at radius 1 is 1.50 bits per heavy atom. The number of carbonyl (C=O) groups is 1. The Balaban J connectivity index is 2.95. The van der Waals surface area contributed by atoms with Crippen LogP contribution < -0.4 is 0 Å². The van der Waals surface area contributed by atoms with E-state index in [0.29, 0.717) is 26.2 Å². The van der Waals surface area contributed by atoms with Crippen molar-refractivity contribution in [1.29, 1.82) is 0 Å². The molecule has 0 atom stereocenters. The van der Waals surface area contributed by atoms with E-state index < -0.39 is 0 Å². The Morgan fingerprint density at radius 2 is 2.20 bits per heavy atom. The lowest BCUT2D eigenvalue weighted by molar-refractivity contribution is -0.167. The zero-order chi connectivity index (χ0) is 7.82. The molecule has 0 aliphatic carbocycles. The SMILES string of the molecule is CCOCCON(C)C=O. The molecular formula is C6H13NO3. The van der Waals surface area contributed by atoms with Crippen molar-refractivity contribution < 1.29 is 14.4 Å². The summed E-state index contributed by atoms with van der Waals surface area (Å²) in [6.45, 7) is 3.52. The summed E-state index contributed by atoms with van der Waals surface area (Å²) in [7, 11) is 1.54. The largest absolute Gasteiger partial charge is 0.379 e. The number of rotatable bonds is 6. The zero-order valence-corrected chi connectivity index (χ0v) is 6.37. The topological polar surface area (TPSA) is 38.8 Å². The average molecular weight is 147 g/mol. The molecule has 0 saturated carbocycles. The van der Waals surface area contributed by atoms with Gasteiger partial charge in [0, 0.05) is 13.7 Å². The number of ether oxygens (including phenoxy) is 1. The molecule has 0 unspecified atom stereocenters. The molecule has 0 rings (SSSR count). The zero-order valence-electron chi connectivity index (χ0n) is 6.37. The first-order chi connectivity index (χ1) is 4.81. The Hall–Kier alpha value is -0.610. The van der Waals surface area contributed by atoms with E-state index in [4.69, 9.17) is 9.57 Å². The van der Waals surface area contributed by atoms with Gasteiger partial charge in [-0.1, -0.05) is 0 Å². The molecule has 4 nitrogen and oxygen atoms in total. The van der Waals surface area contributed by atoms with Crippen molar-refractivity contribution in [3.8, 4) is 0 Å². The van der Waals surface area contributed by atoms with Crippen molar-refractivity contribution in [3.63, 3.8) is 0 Å². The predicted molar refractivity (Wildman–Crippen MR) is 36.3 cm³/mol. The quantitative estimate of drug-likeness (QED) is 0.302. The molecule has 0 bridgehead atoms. The summed E-state index contributed by atoms with van der Waals surface area (Å²) < 4.78 is 4.96. The van der Waals surface area contributed by atoms with Crippen LogP contribution in [0.4, 0.5) is 0 Å². The third-order valence-corrected chi connectivity index (χ3v) is 0.875. The maximum atomic E-state index is 9.93. The lowest BCUT2D eigenvalue weighted by Crippen LogP contribution is -2.19. The van der Waals surface area contributed by atoms with Crippen molar-refractivity contribution in [2.24, 2.45) is 0 Å². The molecule has 10 heavy (non-hydrogen) atoms. The number of hydrogen-bond acceptors (Lipinski definition) is 3. The van der Waals surface area contributed by atoms with Crippen LogP contribution in [0.15, 0.2) is 0 Å². The summed E-state index contributed by atoms with van der Waals surface area (Å²) >= 11 is 0. The second-order valence-electron chi connectivity index (χ2n) is 1.68. The first kappa shape index (κ1) is 9.39. The first-order valence-corrected chi connectivity index (χ1v) is 3.20. The highest BCUT2D eigenvalue weighted by Gasteiger charge is 1.91. The molecule has 0 aromatic rings. The second kappa shape index (κ2) is 6.51. The van der Waals surface area contributed by atoms with Gasteiger partial charge in [-0.25, -0.2) is 5.06 Å². The smallest absolute Gasteiger partial charge is 0.233 e. The first-order valence-electron chi connectivity index (χ1n) is 3.20. The van der Waals surface area contributed by atoms with Gasteiger partial charge in [0.15, 0.2) is 0 Å². The number of carbonyl (C=O) groups excluding carboxylic acids is 1. The van der Waals surface area contributed by atoms with Gasteiger partial charge >= 0.3 is 0 Å². The molecule has 0 aromatic carbocycles. The summed E-state index contributed by atoms with van der Waals surface area (Å²) in [6.07, 6.45) is 0.603. The van der Waals surface area contributed by atoms with Crippen molar-refractivity contribution in [3.05, 3.63) is 0 Å². The molecule has 0 fully saturated rings. The highest BCUT2D eigenvalue weighted by atomic mass is 16.7. The van der Waals surface area contributed by atoms with Gasteiger partial charge in [-0.15, -0.1) is 0 Å². The van der Waals surface area contributed by atoms with Crippen molar-refractivity contribution >= 4 is 6.41 Å².